The van der Waals surface area contributed by atoms with Crippen LogP contribution in [0.2, 0.25) is 0 Å². The zero-order chi connectivity index (χ0) is 34.4. The number of Topliss-reactive ketones (excluding diaryl/α,β-unsaturated/α-hetero) is 1. The third-order valence-electron chi connectivity index (χ3n) is 6.56. The molecule has 1 aliphatic rings. The van der Waals surface area contributed by atoms with E-state index in [0.717, 1.165) is 38.3 Å². The SMILES string of the molecule is O=C(CN1CCN(CCOC(c2ccccc2)c2ccccc2)CC1)c1ccccc1.O=C(O)/C=C\C(=O)O.O=C(O)/C=C\C(=O)O. The zero-order valence-corrected chi connectivity index (χ0v) is 25.6. The van der Waals surface area contributed by atoms with Gasteiger partial charge in [0.1, 0.15) is 6.10 Å². The Morgan fingerprint density at radius 2 is 0.936 bits per heavy atom. The second-order valence-corrected chi connectivity index (χ2v) is 10.00. The standard InChI is InChI=1S/C27H30N2O2.2C4H4O4/c30-26(23-10-4-1-5-11-23)22-29-18-16-28(17-19-29)20-21-31-27(24-12-6-2-7-13-24)25-14-8-3-9-15-25;2*5-3(6)1-2-4(7)8/h1-15,27H,16-22H2;2*1-2H,(H,5,6)(H,7,8)/b;2*2-1-. The Hall–Kier alpha value is -5.43. The van der Waals surface area contributed by atoms with E-state index in [-0.39, 0.29) is 11.9 Å². The number of ketones is 1. The highest BCUT2D eigenvalue weighted by Crippen LogP contribution is 2.25. The maximum atomic E-state index is 12.4. The van der Waals surface area contributed by atoms with Gasteiger partial charge in [0.15, 0.2) is 5.78 Å². The number of hydrogen-bond acceptors (Lipinski definition) is 8. The van der Waals surface area contributed by atoms with Gasteiger partial charge in [-0.1, -0.05) is 91.0 Å². The Bertz CT molecular complexity index is 1360. The van der Waals surface area contributed by atoms with Crippen LogP contribution in [0.5, 0.6) is 0 Å². The summed E-state index contributed by atoms with van der Waals surface area (Å²) in [6, 6.07) is 30.4. The molecule has 0 bridgehead atoms. The van der Waals surface area contributed by atoms with Gasteiger partial charge in [-0.05, 0) is 11.1 Å². The third-order valence-corrected chi connectivity index (χ3v) is 6.56. The quantitative estimate of drug-likeness (QED) is 0.156. The number of carboxylic acids is 4. The first-order chi connectivity index (χ1) is 22.5. The number of benzene rings is 3. The van der Waals surface area contributed by atoms with E-state index in [1.54, 1.807) is 0 Å². The molecular weight excluding hydrogens is 608 g/mol. The summed E-state index contributed by atoms with van der Waals surface area (Å²) in [6.07, 6.45) is 2.18. The highest BCUT2D eigenvalue weighted by molar-refractivity contribution is 5.97. The van der Waals surface area contributed by atoms with Crippen molar-refractivity contribution in [1.82, 2.24) is 9.80 Å². The van der Waals surface area contributed by atoms with Crippen LogP contribution < -0.4 is 0 Å². The van der Waals surface area contributed by atoms with Gasteiger partial charge in [0.05, 0.1) is 13.2 Å². The first-order valence-corrected chi connectivity index (χ1v) is 14.6. The third kappa shape index (κ3) is 16.5. The van der Waals surface area contributed by atoms with Gasteiger partial charge in [-0.15, -0.1) is 0 Å². The maximum absolute atomic E-state index is 12.4. The summed E-state index contributed by atoms with van der Waals surface area (Å²) in [4.78, 5) is 55.3. The Kier molecular flexibility index (Phi) is 17.1. The van der Waals surface area contributed by atoms with Crippen molar-refractivity contribution in [3.8, 4) is 0 Å². The van der Waals surface area contributed by atoms with Crippen LogP contribution in [0.25, 0.3) is 0 Å². The molecule has 4 N–H and O–H groups in total. The van der Waals surface area contributed by atoms with Crippen LogP contribution in [-0.4, -0.2) is 106 Å². The van der Waals surface area contributed by atoms with E-state index in [2.05, 4.69) is 58.3 Å². The molecule has 47 heavy (non-hydrogen) atoms. The number of hydrogen-bond donors (Lipinski definition) is 4. The van der Waals surface area contributed by atoms with Crippen molar-refractivity contribution >= 4 is 29.7 Å². The van der Waals surface area contributed by atoms with Crippen LogP contribution in [0.1, 0.15) is 27.6 Å². The van der Waals surface area contributed by atoms with Crippen molar-refractivity contribution in [3.63, 3.8) is 0 Å². The fourth-order valence-electron chi connectivity index (χ4n) is 4.31. The Balaban J connectivity index is 0.000000397. The highest BCUT2D eigenvalue weighted by Gasteiger charge is 2.20. The van der Waals surface area contributed by atoms with E-state index in [0.29, 0.717) is 37.5 Å². The average molecular weight is 647 g/mol. The van der Waals surface area contributed by atoms with Gasteiger partial charge in [-0.3, -0.25) is 14.6 Å². The van der Waals surface area contributed by atoms with Crippen molar-refractivity contribution in [2.75, 3.05) is 45.9 Å². The lowest BCUT2D eigenvalue weighted by atomic mass is 10.0. The molecule has 3 aromatic rings. The van der Waals surface area contributed by atoms with Gasteiger partial charge in [0.25, 0.3) is 0 Å². The predicted molar refractivity (Wildman–Crippen MR) is 173 cm³/mol. The zero-order valence-electron chi connectivity index (χ0n) is 25.6. The lowest BCUT2D eigenvalue weighted by molar-refractivity contribution is -0.134. The molecule has 0 unspecified atom stereocenters. The molecule has 1 aliphatic heterocycles. The summed E-state index contributed by atoms with van der Waals surface area (Å²) >= 11 is 0. The minimum Gasteiger partial charge on any atom is -0.478 e. The monoisotopic (exact) mass is 646 g/mol. The molecule has 12 heteroatoms. The summed E-state index contributed by atoms with van der Waals surface area (Å²) in [5, 5.41) is 31.2. The molecule has 1 saturated heterocycles. The molecule has 248 valence electrons. The highest BCUT2D eigenvalue weighted by atomic mass is 16.5. The molecule has 1 fully saturated rings. The molecule has 0 aromatic heterocycles. The minimum absolute atomic E-state index is 0.0489. The number of rotatable bonds is 13. The van der Waals surface area contributed by atoms with Crippen LogP contribution in [0, 0.1) is 0 Å². The average Bonchev–Trinajstić information content (AvgIpc) is 3.07. The molecule has 0 spiro atoms. The van der Waals surface area contributed by atoms with E-state index in [4.69, 9.17) is 25.2 Å². The number of ether oxygens (including phenoxy) is 1. The molecule has 0 atom stereocenters. The van der Waals surface area contributed by atoms with Crippen molar-refractivity contribution in [3.05, 3.63) is 132 Å². The first-order valence-electron chi connectivity index (χ1n) is 14.6. The second-order valence-electron chi connectivity index (χ2n) is 10.00. The first kappa shape index (κ1) is 37.8. The molecule has 0 saturated carbocycles. The summed E-state index contributed by atoms with van der Waals surface area (Å²) in [5.41, 5.74) is 3.15. The van der Waals surface area contributed by atoms with E-state index in [1.807, 2.05) is 42.5 Å². The summed E-state index contributed by atoms with van der Waals surface area (Å²) < 4.78 is 6.36. The molecule has 1 heterocycles. The van der Waals surface area contributed by atoms with Gasteiger partial charge in [-0.2, -0.15) is 0 Å². The number of nitrogens with zero attached hydrogens (tertiary/aromatic N) is 2. The Morgan fingerprint density at radius 1 is 0.574 bits per heavy atom. The number of carbonyl (C=O) groups is 5. The van der Waals surface area contributed by atoms with Crippen LogP contribution in [0.3, 0.4) is 0 Å². The smallest absolute Gasteiger partial charge is 0.328 e. The van der Waals surface area contributed by atoms with Gasteiger partial charge in [0.2, 0.25) is 0 Å². The Labute approximate surface area is 272 Å². The molecule has 3 aromatic carbocycles. The lowest BCUT2D eigenvalue weighted by Gasteiger charge is -2.34. The fraction of sp³-hybridized carbons (Fsp3) is 0.229. The fourth-order valence-corrected chi connectivity index (χ4v) is 4.31. The van der Waals surface area contributed by atoms with E-state index in [1.165, 1.54) is 11.1 Å². The normalized spacial score (nSPS) is 13.3. The van der Waals surface area contributed by atoms with Crippen LogP contribution in [0.15, 0.2) is 115 Å². The molecule has 0 radical (unpaired) electrons. The van der Waals surface area contributed by atoms with Crippen molar-refractivity contribution < 1.29 is 49.1 Å². The number of carboxylic acid groups (broad SMARTS) is 4. The van der Waals surface area contributed by atoms with Gasteiger partial charge < -0.3 is 25.2 Å². The molecule has 4 rings (SSSR count). The van der Waals surface area contributed by atoms with E-state index in [9.17, 15) is 24.0 Å². The summed E-state index contributed by atoms with van der Waals surface area (Å²) in [6.45, 7) is 5.84. The van der Waals surface area contributed by atoms with Crippen molar-refractivity contribution in [2.24, 2.45) is 0 Å². The number of aliphatic carboxylic acids is 4. The number of carbonyl (C=O) groups excluding carboxylic acids is 1. The largest absolute Gasteiger partial charge is 0.478 e. The second kappa shape index (κ2) is 21.3. The van der Waals surface area contributed by atoms with E-state index >= 15 is 0 Å². The predicted octanol–water partition coefficient (Wildman–Crippen LogP) is 3.72. The van der Waals surface area contributed by atoms with Crippen molar-refractivity contribution in [2.45, 2.75) is 6.10 Å². The van der Waals surface area contributed by atoms with Gasteiger partial charge >= 0.3 is 23.9 Å². The summed E-state index contributed by atoms with van der Waals surface area (Å²) in [5.74, 6) is -4.83. The van der Waals surface area contributed by atoms with Gasteiger partial charge in [-0.25, -0.2) is 19.2 Å². The molecule has 0 amide bonds. The molecule has 0 aliphatic carbocycles. The van der Waals surface area contributed by atoms with Crippen LogP contribution in [-0.2, 0) is 23.9 Å². The number of piperazine rings is 1. The molecule has 12 nitrogen and oxygen atoms in total. The topological polar surface area (TPSA) is 182 Å². The van der Waals surface area contributed by atoms with Crippen LogP contribution in [0.4, 0.5) is 0 Å². The summed E-state index contributed by atoms with van der Waals surface area (Å²) in [7, 11) is 0. The van der Waals surface area contributed by atoms with Crippen LogP contribution >= 0.6 is 0 Å². The van der Waals surface area contributed by atoms with E-state index < -0.39 is 23.9 Å². The molecular formula is C35H38N2O10. The lowest BCUT2D eigenvalue weighted by Crippen LogP contribution is -2.48. The van der Waals surface area contributed by atoms with Crippen molar-refractivity contribution in [1.29, 1.82) is 0 Å². The maximum Gasteiger partial charge on any atom is 0.328 e. The van der Waals surface area contributed by atoms with Gasteiger partial charge in [0, 0.05) is 62.6 Å². The minimum atomic E-state index is -1.26. The Morgan fingerprint density at radius 3 is 1.32 bits per heavy atom.